The fraction of sp³-hybridized carbons (Fsp3) is 0.500. The van der Waals surface area contributed by atoms with Crippen molar-refractivity contribution >= 4 is 21.6 Å². The van der Waals surface area contributed by atoms with Crippen LogP contribution in [0.3, 0.4) is 0 Å². The molecule has 1 aromatic heterocycles. The second-order valence-corrected chi connectivity index (χ2v) is 9.02. The molecule has 0 spiro atoms. The minimum Gasteiger partial charge on any atom is -0.241 e. The Bertz CT molecular complexity index is 759. The van der Waals surface area contributed by atoms with Gasteiger partial charge in [-0.15, -0.1) is 11.3 Å². The van der Waals surface area contributed by atoms with Crippen LogP contribution in [0.2, 0.25) is 0 Å². The molecule has 1 nitrogen and oxygen atoms in total. The van der Waals surface area contributed by atoms with Gasteiger partial charge in [0.1, 0.15) is 5.01 Å². The SMILES string of the molecule is CCCCCCCCCCCCC(c1ccccc1)c1nc2ccccc2s1. The summed E-state index contributed by atoms with van der Waals surface area (Å²) >= 11 is 1.87. The molecule has 1 heterocycles. The summed E-state index contributed by atoms with van der Waals surface area (Å²) in [6.07, 6.45) is 15.1. The largest absolute Gasteiger partial charge is 0.241 e. The highest BCUT2D eigenvalue weighted by molar-refractivity contribution is 7.18. The lowest BCUT2D eigenvalue weighted by atomic mass is 9.93. The van der Waals surface area contributed by atoms with Gasteiger partial charge < -0.3 is 0 Å². The van der Waals surface area contributed by atoms with Gasteiger partial charge in [0.2, 0.25) is 0 Å². The summed E-state index contributed by atoms with van der Waals surface area (Å²) in [4.78, 5) is 4.97. The van der Waals surface area contributed by atoms with Crippen molar-refractivity contribution in [1.82, 2.24) is 4.98 Å². The summed E-state index contributed by atoms with van der Waals surface area (Å²) < 4.78 is 1.31. The van der Waals surface area contributed by atoms with E-state index >= 15 is 0 Å². The molecule has 28 heavy (non-hydrogen) atoms. The lowest BCUT2D eigenvalue weighted by molar-refractivity contribution is 0.540. The maximum absolute atomic E-state index is 4.97. The molecule has 3 rings (SSSR count). The highest BCUT2D eigenvalue weighted by Gasteiger charge is 2.18. The average molecular weight is 394 g/mol. The molecule has 0 saturated heterocycles. The molecule has 1 unspecified atom stereocenters. The quantitative estimate of drug-likeness (QED) is 0.264. The number of rotatable bonds is 13. The molecule has 3 aromatic rings. The van der Waals surface area contributed by atoms with E-state index in [0.29, 0.717) is 5.92 Å². The molecule has 2 heteroatoms. The van der Waals surface area contributed by atoms with Gasteiger partial charge in [-0.3, -0.25) is 0 Å². The number of para-hydroxylation sites is 1. The minimum absolute atomic E-state index is 0.438. The molecular formula is C26H35NS. The predicted molar refractivity (Wildman–Crippen MR) is 124 cm³/mol. The van der Waals surface area contributed by atoms with Crippen molar-refractivity contribution in [3.63, 3.8) is 0 Å². The number of hydrogen-bond donors (Lipinski definition) is 0. The molecule has 0 amide bonds. The standard InChI is InChI=1S/C26H35NS/c1-2-3-4-5-6-7-8-9-10-14-19-23(22-17-12-11-13-18-22)26-27-24-20-15-16-21-25(24)28-26/h11-13,15-18,20-21,23H,2-10,14,19H2,1H3. The predicted octanol–water partition coefficient (Wildman–Crippen LogP) is 8.74. The van der Waals surface area contributed by atoms with Crippen LogP contribution in [0.25, 0.3) is 10.2 Å². The van der Waals surface area contributed by atoms with E-state index in [9.17, 15) is 0 Å². The molecule has 0 N–H and O–H groups in total. The number of benzene rings is 2. The summed E-state index contributed by atoms with van der Waals surface area (Å²) in [6.45, 7) is 2.29. The zero-order valence-electron chi connectivity index (χ0n) is 17.4. The summed E-state index contributed by atoms with van der Waals surface area (Å²) in [5, 5.41) is 1.28. The van der Waals surface area contributed by atoms with Crippen LogP contribution in [-0.2, 0) is 0 Å². The summed E-state index contributed by atoms with van der Waals surface area (Å²) in [5.41, 5.74) is 2.56. The number of hydrogen-bond acceptors (Lipinski definition) is 2. The first-order chi connectivity index (χ1) is 13.9. The smallest absolute Gasteiger partial charge is 0.101 e. The Kier molecular flexibility index (Phi) is 9.03. The molecule has 0 aliphatic carbocycles. The molecule has 1 atom stereocenters. The van der Waals surface area contributed by atoms with E-state index in [1.165, 1.54) is 85.9 Å². The van der Waals surface area contributed by atoms with Crippen LogP contribution in [0.1, 0.15) is 94.0 Å². The van der Waals surface area contributed by atoms with E-state index in [0.717, 1.165) is 5.52 Å². The number of unbranched alkanes of at least 4 members (excludes halogenated alkanes) is 9. The van der Waals surface area contributed by atoms with E-state index in [-0.39, 0.29) is 0 Å². The maximum atomic E-state index is 4.97. The molecule has 0 bridgehead atoms. The summed E-state index contributed by atoms with van der Waals surface area (Å²) in [7, 11) is 0. The Morgan fingerprint density at radius 2 is 1.32 bits per heavy atom. The number of aromatic nitrogens is 1. The minimum atomic E-state index is 0.438. The number of fused-ring (bicyclic) bond motifs is 1. The molecule has 0 radical (unpaired) electrons. The van der Waals surface area contributed by atoms with Gasteiger partial charge in [-0.2, -0.15) is 0 Å². The van der Waals surface area contributed by atoms with Crippen LogP contribution in [0, 0.1) is 0 Å². The third-order valence-electron chi connectivity index (χ3n) is 5.66. The maximum Gasteiger partial charge on any atom is 0.101 e. The normalized spacial score (nSPS) is 12.5. The van der Waals surface area contributed by atoms with E-state index < -0.39 is 0 Å². The third kappa shape index (κ3) is 6.44. The van der Waals surface area contributed by atoms with Crippen molar-refractivity contribution < 1.29 is 0 Å². The zero-order valence-corrected chi connectivity index (χ0v) is 18.2. The number of thiazole rings is 1. The zero-order chi connectivity index (χ0) is 19.4. The molecule has 2 aromatic carbocycles. The molecule has 0 aliphatic heterocycles. The highest BCUT2D eigenvalue weighted by atomic mass is 32.1. The van der Waals surface area contributed by atoms with Gasteiger partial charge in [0.15, 0.2) is 0 Å². The van der Waals surface area contributed by atoms with Crippen molar-refractivity contribution in [1.29, 1.82) is 0 Å². The van der Waals surface area contributed by atoms with Crippen molar-refractivity contribution in [2.45, 2.75) is 83.5 Å². The van der Waals surface area contributed by atoms with Gasteiger partial charge in [0.05, 0.1) is 10.2 Å². The van der Waals surface area contributed by atoms with Crippen LogP contribution in [-0.4, -0.2) is 4.98 Å². The van der Waals surface area contributed by atoms with Crippen molar-refractivity contribution in [3.8, 4) is 0 Å². The van der Waals surface area contributed by atoms with Crippen molar-refractivity contribution in [3.05, 3.63) is 65.2 Å². The lowest BCUT2D eigenvalue weighted by Gasteiger charge is -2.15. The van der Waals surface area contributed by atoms with Crippen LogP contribution < -0.4 is 0 Å². The molecular weight excluding hydrogens is 358 g/mol. The van der Waals surface area contributed by atoms with E-state index in [1.54, 1.807) is 0 Å². The fourth-order valence-electron chi connectivity index (χ4n) is 3.99. The van der Waals surface area contributed by atoms with Crippen molar-refractivity contribution in [2.24, 2.45) is 0 Å². The number of nitrogens with zero attached hydrogens (tertiary/aromatic N) is 1. The average Bonchev–Trinajstić information content (AvgIpc) is 3.16. The Balaban J connectivity index is 1.49. The van der Waals surface area contributed by atoms with Crippen LogP contribution in [0.4, 0.5) is 0 Å². The van der Waals surface area contributed by atoms with Gasteiger partial charge >= 0.3 is 0 Å². The third-order valence-corrected chi connectivity index (χ3v) is 6.81. The van der Waals surface area contributed by atoms with Gasteiger partial charge in [0, 0.05) is 5.92 Å². The Morgan fingerprint density at radius 3 is 2.00 bits per heavy atom. The topological polar surface area (TPSA) is 12.9 Å². The molecule has 0 fully saturated rings. The first kappa shape index (κ1) is 21.0. The fourth-order valence-corrected chi connectivity index (χ4v) is 5.12. The van der Waals surface area contributed by atoms with Crippen molar-refractivity contribution in [2.75, 3.05) is 0 Å². The van der Waals surface area contributed by atoms with E-state index in [2.05, 4.69) is 61.5 Å². The molecule has 0 saturated carbocycles. The highest BCUT2D eigenvalue weighted by Crippen LogP contribution is 2.35. The first-order valence-corrected chi connectivity index (χ1v) is 12.1. The van der Waals surface area contributed by atoms with E-state index in [4.69, 9.17) is 4.98 Å². The Hall–Kier alpha value is -1.67. The molecule has 0 aliphatic rings. The van der Waals surface area contributed by atoms with Crippen LogP contribution in [0.15, 0.2) is 54.6 Å². The van der Waals surface area contributed by atoms with Gasteiger partial charge in [-0.25, -0.2) is 4.98 Å². The first-order valence-electron chi connectivity index (χ1n) is 11.3. The van der Waals surface area contributed by atoms with Gasteiger partial charge in [-0.1, -0.05) is 114 Å². The van der Waals surface area contributed by atoms with E-state index in [1.807, 2.05) is 11.3 Å². The van der Waals surface area contributed by atoms with Crippen LogP contribution in [0.5, 0.6) is 0 Å². The Morgan fingerprint density at radius 1 is 0.714 bits per heavy atom. The second-order valence-electron chi connectivity index (χ2n) is 7.95. The van der Waals surface area contributed by atoms with Gasteiger partial charge in [0.25, 0.3) is 0 Å². The van der Waals surface area contributed by atoms with Gasteiger partial charge in [-0.05, 0) is 24.1 Å². The second kappa shape index (κ2) is 12.0. The lowest BCUT2D eigenvalue weighted by Crippen LogP contribution is -2.01. The Labute approximate surface area is 175 Å². The van der Waals surface area contributed by atoms with Crippen LogP contribution >= 0.6 is 11.3 Å². The summed E-state index contributed by atoms with van der Waals surface area (Å²) in [5.74, 6) is 0.438. The molecule has 150 valence electrons. The monoisotopic (exact) mass is 393 g/mol. The summed E-state index contributed by atoms with van der Waals surface area (Å²) in [6, 6.07) is 19.5.